The molecule has 1 aromatic rings. The molecule has 136 valence electrons. The summed E-state index contributed by atoms with van der Waals surface area (Å²) in [5.74, 6) is 0.662. The van der Waals surface area contributed by atoms with E-state index in [1.54, 1.807) is 0 Å². The van der Waals surface area contributed by atoms with E-state index in [1.807, 2.05) is 0 Å². The highest BCUT2D eigenvalue weighted by Gasteiger charge is 2.34. The van der Waals surface area contributed by atoms with E-state index >= 15 is 0 Å². The minimum absolute atomic E-state index is 0.246. The highest BCUT2D eigenvalue weighted by Crippen LogP contribution is 2.33. The predicted octanol–water partition coefficient (Wildman–Crippen LogP) is 2.77. The minimum atomic E-state index is 0.246. The fourth-order valence-corrected chi connectivity index (χ4v) is 4.91. The number of nitrogens with zero attached hydrogens (tertiary/aromatic N) is 3. The maximum absolute atomic E-state index is 12.9. The fourth-order valence-electron chi connectivity index (χ4n) is 4.91. The second-order valence-electron chi connectivity index (χ2n) is 8.18. The van der Waals surface area contributed by atoms with E-state index in [2.05, 4.69) is 52.9 Å². The molecule has 2 saturated heterocycles. The molecule has 0 saturated carbocycles. The van der Waals surface area contributed by atoms with Crippen molar-refractivity contribution in [1.82, 2.24) is 9.80 Å². The predicted molar refractivity (Wildman–Crippen MR) is 102 cm³/mol. The van der Waals surface area contributed by atoms with E-state index in [0.717, 1.165) is 51.9 Å². The lowest BCUT2D eigenvalue weighted by Gasteiger charge is -2.41. The molecule has 0 spiro atoms. The molecule has 25 heavy (non-hydrogen) atoms. The monoisotopic (exact) mass is 341 g/mol. The molecular formula is C21H31N3O. The van der Waals surface area contributed by atoms with Crippen LogP contribution in [0.25, 0.3) is 0 Å². The third-order valence-corrected chi connectivity index (χ3v) is 6.70. The van der Waals surface area contributed by atoms with Crippen molar-refractivity contribution in [3.8, 4) is 0 Å². The van der Waals surface area contributed by atoms with Crippen LogP contribution in [0.2, 0.25) is 0 Å². The van der Waals surface area contributed by atoms with Gasteiger partial charge in [-0.1, -0.05) is 18.2 Å². The summed E-state index contributed by atoms with van der Waals surface area (Å²) in [5.41, 5.74) is 2.91. The highest BCUT2D eigenvalue weighted by molar-refractivity contribution is 5.79. The van der Waals surface area contributed by atoms with Gasteiger partial charge in [0.05, 0.1) is 0 Å². The zero-order valence-electron chi connectivity index (χ0n) is 15.7. The summed E-state index contributed by atoms with van der Waals surface area (Å²) in [6.07, 6.45) is 5.45. The minimum Gasteiger partial charge on any atom is -0.368 e. The summed E-state index contributed by atoms with van der Waals surface area (Å²) in [6, 6.07) is 9.95. The van der Waals surface area contributed by atoms with Gasteiger partial charge < -0.3 is 14.7 Å². The van der Waals surface area contributed by atoms with Crippen LogP contribution in [-0.2, 0) is 11.2 Å². The van der Waals surface area contributed by atoms with Gasteiger partial charge in [0.2, 0.25) is 5.91 Å². The standard InChI is InChI=1S/C21H31N3O/c1-16-15-18(7-11-22(16)2)21(25)23-12-9-19(10-13-23)24-14-8-17-5-3-4-6-20(17)24/h3-6,16,18-19H,7-15H2,1-2H3/t16-,18-/m1/s1. The molecule has 1 aromatic carbocycles. The van der Waals surface area contributed by atoms with E-state index < -0.39 is 0 Å². The Morgan fingerprint density at radius 2 is 1.80 bits per heavy atom. The van der Waals surface area contributed by atoms with Crippen molar-refractivity contribution in [3.63, 3.8) is 0 Å². The first-order valence-corrected chi connectivity index (χ1v) is 9.97. The second-order valence-corrected chi connectivity index (χ2v) is 8.18. The van der Waals surface area contributed by atoms with Crippen LogP contribution in [0.5, 0.6) is 0 Å². The summed E-state index contributed by atoms with van der Waals surface area (Å²) in [5, 5.41) is 0. The molecule has 4 heteroatoms. The van der Waals surface area contributed by atoms with Crippen LogP contribution < -0.4 is 4.90 Å². The molecule has 1 amide bonds. The van der Waals surface area contributed by atoms with Crippen molar-refractivity contribution in [2.45, 2.75) is 51.1 Å². The van der Waals surface area contributed by atoms with Gasteiger partial charge in [0, 0.05) is 43.3 Å². The molecule has 0 radical (unpaired) electrons. The number of likely N-dealkylation sites (tertiary alicyclic amines) is 2. The molecule has 0 bridgehead atoms. The first-order chi connectivity index (χ1) is 12.1. The highest BCUT2D eigenvalue weighted by atomic mass is 16.2. The average molecular weight is 341 g/mol. The number of anilines is 1. The summed E-state index contributed by atoms with van der Waals surface area (Å²) in [7, 11) is 2.17. The van der Waals surface area contributed by atoms with Crippen LogP contribution in [0.1, 0.15) is 38.2 Å². The number of para-hydroxylation sites is 1. The molecule has 2 atom stereocenters. The third kappa shape index (κ3) is 3.29. The summed E-state index contributed by atoms with van der Waals surface area (Å²) in [4.78, 5) is 20.0. The van der Waals surface area contributed by atoms with Gasteiger partial charge in [0.15, 0.2) is 0 Å². The molecule has 0 unspecified atom stereocenters. The zero-order valence-corrected chi connectivity index (χ0v) is 15.7. The molecule has 0 N–H and O–H groups in total. The molecule has 2 fully saturated rings. The summed E-state index contributed by atoms with van der Waals surface area (Å²) >= 11 is 0. The van der Waals surface area contributed by atoms with Crippen molar-refractivity contribution >= 4 is 11.6 Å². The molecule has 3 aliphatic rings. The maximum atomic E-state index is 12.9. The molecule has 3 aliphatic heterocycles. The molecule has 0 aliphatic carbocycles. The Balaban J connectivity index is 1.34. The lowest BCUT2D eigenvalue weighted by atomic mass is 9.90. The van der Waals surface area contributed by atoms with Gasteiger partial charge in [0.25, 0.3) is 0 Å². The molecular weight excluding hydrogens is 310 g/mol. The van der Waals surface area contributed by atoms with Crippen LogP contribution in [-0.4, -0.2) is 61.0 Å². The Bertz CT molecular complexity index is 623. The van der Waals surface area contributed by atoms with Gasteiger partial charge in [-0.25, -0.2) is 0 Å². The fraction of sp³-hybridized carbons (Fsp3) is 0.667. The first kappa shape index (κ1) is 16.9. The lowest BCUT2D eigenvalue weighted by Crippen LogP contribution is -2.50. The van der Waals surface area contributed by atoms with Crippen molar-refractivity contribution in [2.24, 2.45) is 5.92 Å². The molecule has 0 aromatic heterocycles. The van der Waals surface area contributed by atoms with Gasteiger partial charge in [-0.3, -0.25) is 4.79 Å². The molecule has 3 heterocycles. The Hall–Kier alpha value is -1.55. The third-order valence-electron chi connectivity index (χ3n) is 6.70. The van der Waals surface area contributed by atoms with Gasteiger partial charge >= 0.3 is 0 Å². The number of hydrogen-bond donors (Lipinski definition) is 0. The number of carbonyl (C=O) groups excluding carboxylic acids is 1. The van der Waals surface area contributed by atoms with Crippen LogP contribution in [0.15, 0.2) is 24.3 Å². The van der Waals surface area contributed by atoms with Crippen molar-refractivity contribution in [1.29, 1.82) is 0 Å². The van der Waals surface area contributed by atoms with E-state index in [9.17, 15) is 4.79 Å². The van der Waals surface area contributed by atoms with Gasteiger partial charge in [-0.2, -0.15) is 0 Å². The number of benzene rings is 1. The van der Waals surface area contributed by atoms with Crippen molar-refractivity contribution < 1.29 is 4.79 Å². The molecule has 4 nitrogen and oxygen atoms in total. The van der Waals surface area contributed by atoms with E-state index in [4.69, 9.17) is 0 Å². The largest absolute Gasteiger partial charge is 0.368 e. The Kier molecular flexibility index (Phi) is 4.72. The van der Waals surface area contributed by atoms with Crippen LogP contribution in [0.3, 0.4) is 0 Å². The Morgan fingerprint density at radius 3 is 2.56 bits per heavy atom. The second kappa shape index (κ2) is 6.99. The van der Waals surface area contributed by atoms with E-state index in [0.29, 0.717) is 18.0 Å². The number of rotatable bonds is 2. The normalized spacial score (nSPS) is 28.2. The summed E-state index contributed by atoms with van der Waals surface area (Å²) in [6.45, 7) is 6.31. The Morgan fingerprint density at radius 1 is 1.04 bits per heavy atom. The quantitative estimate of drug-likeness (QED) is 0.828. The van der Waals surface area contributed by atoms with Gasteiger partial charge in [-0.05, 0) is 64.3 Å². The SMILES string of the molecule is C[C@@H]1C[C@H](C(=O)N2CCC(N3CCc4ccccc43)CC2)CCN1C. The van der Waals surface area contributed by atoms with Crippen LogP contribution in [0.4, 0.5) is 5.69 Å². The van der Waals surface area contributed by atoms with Gasteiger partial charge in [-0.15, -0.1) is 0 Å². The van der Waals surface area contributed by atoms with Crippen LogP contribution >= 0.6 is 0 Å². The number of fused-ring (bicyclic) bond motifs is 1. The average Bonchev–Trinajstić information content (AvgIpc) is 3.08. The van der Waals surface area contributed by atoms with Crippen molar-refractivity contribution in [2.75, 3.05) is 38.1 Å². The lowest BCUT2D eigenvalue weighted by molar-refractivity contribution is -0.138. The zero-order chi connectivity index (χ0) is 17.4. The smallest absolute Gasteiger partial charge is 0.225 e. The summed E-state index contributed by atoms with van der Waals surface area (Å²) < 4.78 is 0. The number of carbonyl (C=O) groups is 1. The molecule has 4 rings (SSSR count). The Labute approximate surface area is 151 Å². The number of piperidine rings is 2. The van der Waals surface area contributed by atoms with E-state index in [1.165, 1.54) is 17.7 Å². The first-order valence-electron chi connectivity index (χ1n) is 9.97. The number of amides is 1. The topological polar surface area (TPSA) is 26.8 Å². The maximum Gasteiger partial charge on any atom is 0.225 e. The number of hydrogen-bond acceptors (Lipinski definition) is 3. The van der Waals surface area contributed by atoms with Crippen molar-refractivity contribution in [3.05, 3.63) is 29.8 Å². The van der Waals surface area contributed by atoms with E-state index in [-0.39, 0.29) is 5.92 Å². The van der Waals surface area contributed by atoms with Gasteiger partial charge in [0.1, 0.15) is 0 Å². The van der Waals surface area contributed by atoms with Crippen LogP contribution in [0, 0.1) is 5.92 Å².